The lowest BCUT2D eigenvalue weighted by Crippen LogP contribution is -2.27. The lowest BCUT2D eigenvalue weighted by molar-refractivity contribution is 0.0747. The number of benzene rings is 3. The molecule has 0 spiro atoms. The molecule has 36 heavy (non-hydrogen) atoms. The summed E-state index contributed by atoms with van der Waals surface area (Å²) in [6, 6.07) is 15.8. The third kappa shape index (κ3) is 4.07. The molecular formula is C28H25F2N5O. The number of likely N-dealkylation sites (tertiary alicyclic amines) is 1. The van der Waals surface area contributed by atoms with Gasteiger partial charge < -0.3 is 10.6 Å². The van der Waals surface area contributed by atoms with Gasteiger partial charge in [-0.1, -0.05) is 30.3 Å². The fourth-order valence-corrected chi connectivity index (χ4v) is 5.27. The third-order valence-corrected chi connectivity index (χ3v) is 7.09. The summed E-state index contributed by atoms with van der Waals surface area (Å²) < 4.78 is 28.6. The van der Waals surface area contributed by atoms with Gasteiger partial charge in [-0.2, -0.15) is 0 Å². The van der Waals surface area contributed by atoms with E-state index in [1.165, 1.54) is 12.1 Å². The number of nitrogen functional groups attached to an aromatic ring is 1. The van der Waals surface area contributed by atoms with E-state index in [4.69, 9.17) is 5.73 Å². The van der Waals surface area contributed by atoms with Crippen molar-refractivity contribution in [2.45, 2.75) is 32.5 Å². The molecule has 2 aliphatic rings. The van der Waals surface area contributed by atoms with E-state index in [1.54, 1.807) is 23.1 Å². The summed E-state index contributed by atoms with van der Waals surface area (Å²) in [5, 5.41) is 0.527. The van der Waals surface area contributed by atoms with Crippen molar-refractivity contribution in [2.24, 2.45) is 0 Å². The summed E-state index contributed by atoms with van der Waals surface area (Å²) in [7, 11) is 0. The number of halogens is 2. The van der Waals surface area contributed by atoms with Gasteiger partial charge in [0.05, 0.1) is 5.52 Å². The number of carbonyl (C=O) groups is 1. The number of amides is 1. The summed E-state index contributed by atoms with van der Waals surface area (Å²) >= 11 is 0. The second-order valence-corrected chi connectivity index (χ2v) is 9.50. The van der Waals surface area contributed by atoms with Crippen LogP contribution in [0.15, 0.2) is 54.6 Å². The molecule has 0 bridgehead atoms. The van der Waals surface area contributed by atoms with Crippen LogP contribution in [-0.2, 0) is 19.6 Å². The summed E-state index contributed by atoms with van der Waals surface area (Å²) in [5.41, 5.74) is 10.9. The Kier molecular flexibility index (Phi) is 5.60. The van der Waals surface area contributed by atoms with E-state index in [0.29, 0.717) is 47.2 Å². The summed E-state index contributed by atoms with van der Waals surface area (Å²) in [6.07, 6.45) is 2.19. The molecule has 3 aromatic carbocycles. The average Bonchev–Trinajstić information content (AvgIpc) is 3.55. The normalized spacial score (nSPS) is 15.6. The Morgan fingerprint density at radius 1 is 0.917 bits per heavy atom. The molecule has 0 saturated carbocycles. The van der Waals surface area contributed by atoms with E-state index in [-0.39, 0.29) is 17.5 Å². The number of anilines is 1. The van der Waals surface area contributed by atoms with Crippen molar-refractivity contribution < 1.29 is 13.6 Å². The smallest absolute Gasteiger partial charge is 0.273 e. The molecule has 1 amide bonds. The first kappa shape index (κ1) is 22.5. The fraction of sp³-hybridized carbons (Fsp3) is 0.250. The quantitative estimate of drug-likeness (QED) is 0.445. The van der Waals surface area contributed by atoms with Crippen LogP contribution in [0.1, 0.15) is 40.0 Å². The van der Waals surface area contributed by atoms with E-state index < -0.39 is 11.6 Å². The zero-order valence-electron chi connectivity index (χ0n) is 19.7. The number of rotatable bonds is 4. The predicted octanol–water partition coefficient (Wildman–Crippen LogP) is 4.91. The number of hydrogen-bond acceptors (Lipinski definition) is 5. The van der Waals surface area contributed by atoms with Crippen LogP contribution in [0.4, 0.5) is 14.7 Å². The van der Waals surface area contributed by atoms with Crippen molar-refractivity contribution in [3.63, 3.8) is 0 Å². The maximum absolute atomic E-state index is 14.4. The minimum Gasteiger partial charge on any atom is -0.368 e. The summed E-state index contributed by atoms with van der Waals surface area (Å²) in [6.45, 7) is 3.37. The van der Waals surface area contributed by atoms with Gasteiger partial charge in [-0.05, 0) is 78.0 Å². The van der Waals surface area contributed by atoms with Crippen LogP contribution in [-0.4, -0.2) is 38.8 Å². The largest absolute Gasteiger partial charge is 0.368 e. The van der Waals surface area contributed by atoms with Gasteiger partial charge in [-0.15, -0.1) is 0 Å². The highest BCUT2D eigenvalue weighted by atomic mass is 19.2. The van der Waals surface area contributed by atoms with Crippen LogP contribution in [0.5, 0.6) is 0 Å². The fourth-order valence-electron chi connectivity index (χ4n) is 5.27. The minimum atomic E-state index is -0.907. The molecule has 1 aromatic heterocycles. The number of fused-ring (bicyclic) bond motifs is 2. The van der Waals surface area contributed by atoms with E-state index in [1.807, 2.05) is 24.3 Å². The van der Waals surface area contributed by atoms with Crippen molar-refractivity contribution in [2.75, 3.05) is 18.8 Å². The highest BCUT2D eigenvalue weighted by Crippen LogP contribution is 2.32. The van der Waals surface area contributed by atoms with Gasteiger partial charge in [-0.3, -0.25) is 9.69 Å². The highest BCUT2D eigenvalue weighted by molar-refractivity contribution is 6.06. The van der Waals surface area contributed by atoms with Crippen LogP contribution in [0.25, 0.3) is 22.0 Å². The van der Waals surface area contributed by atoms with Crippen molar-refractivity contribution >= 4 is 22.8 Å². The zero-order valence-corrected chi connectivity index (χ0v) is 19.7. The molecule has 8 heteroatoms. The zero-order chi connectivity index (χ0) is 24.8. The first-order chi connectivity index (χ1) is 17.5. The molecule has 1 fully saturated rings. The molecule has 3 heterocycles. The van der Waals surface area contributed by atoms with Crippen molar-refractivity contribution in [1.82, 2.24) is 19.8 Å². The summed E-state index contributed by atoms with van der Waals surface area (Å²) in [4.78, 5) is 26.2. The summed E-state index contributed by atoms with van der Waals surface area (Å²) in [5.74, 6) is -2.01. The first-order valence-corrected chi connectivity index (χ1v) is 12.1. The third-order valence-electron chi connectivity index (χ3n) is 7.09. The Hall–Kier alpha value is -3.91. The lowest BCUT2D eigenvalue weighted by atomic mass is 9.96. The molecule has 182 valence electrons. The molecule has 2 N–H and O–H groups in total. The maximum Gasteiger partial charge on any atom is 0.273 e. The van der Waals surface area contributed by atoms with Gasteiger partial charge in [-0.25, -0.2) is 18.7 Å². The van der Waals surface area contributed by atoms with Gasteiger partial charge in [0.15, 0.2) is 11.6 Å². The number of aromatic nitrogens is 2. The van der Waals surface area contributed by atoms with Gasteiger partial charge in [0, 0.05) is 25.0 Å². The van der Waals surface area contributed by atoms with Crippen LogP contribution < -0.4 is 5.73 Å². The van der Waals surface area contributed by atoms with Crippen LogP contribution in [0.2, 0.25) is 0 Å². The van der Waals surface area contributed by atoms with E-state index >= 15 is 0 Å². The SMILES string of the molecule is Nc1nc(C(=O)N2Cc3ccccc3C2)c2cc(-c3cc(F)c(F)cc3CN3CCCC3)ccc2n1. The second kappa shape index (κ2) is 8.95. The van der Waals surface area contributed by atoms with Gasteiger partial charge in [0.25, 0.3) is 5.91 Å². The Balaban J connectivity index is 1.42. The molecule has 6 rings (SSSR count). The number of nitrogens with two attached hydrogens (primary N) is 1. The van der Waals surface area contributed by atoms with Crippen LogP contribution in [0, 0.1) is 11.6 Å². The molecule has 0 unspecified atom stereocenters. The number of hydrogen-bond donors (Lipinski definition) is 1. The van der Waals surface area contributed by atoms with Gasteiger partial charge >= 0.3 is 0 Å². The second-order valence-electron chi connectivity index (χ2n) is 9.50. The lowest BCUT2D eigenvalue weighted by Gasteiger charge is -2.19. The van der Waals surface area contributed by atoms with Crippen molar-refractivity contribution in [1.29, 1.82) is 0 Å². The number of nitrogens with zero attached hydrogens (tertiary/aromatic N) is 4. The standard InChI is InChI=1S/C28H25F2N5O/c29-23-12-20(14-34-9-3-4-10-34)21(13-24(23)30)17-7-8-25-22(11-17)26(33-28(31)32-25)27(36)35-15-18-5-1-2-6-19(18)16-35/h1-2,5-8,11-13H,3-4,9-10,14-16H2,(H2,31,32,33). The minimum absolute atomic E-state index is 0.0119. The number of carbonyl (C=O) groups excluding carboxylic acids is 1. The molecule has 0 atom stereocenters. The molecule has 4 aromatic rings. The molecular weight excluding hydrogens is 460 g/mol. The Bertz CT molecular complexity index is 1470. The maximum atomic E-state index is 14.4. The average molecular weight is 486 g/mol. The van der Waals surface area contributed by atoms with Crippen LogP contribution in [0.3, 0.4) is 0 Å². The molecule has 6 nitrogen and oxygen atoms in total. The Morgan fingerprint density at radius 3 is 2.33 bits per heavy atom. The van der Waals surface area contributed by atoms with E-state index in [0.717, 1.165) is 37.1 Å². The highest BCUT2D eigenvalue weighted by Gasteiger charge is 2.27. The molecule has 0 aliphatic carbocycles. The molecule has 1 saturated heterocycles. The monoisotopic (exact) mass is 485 g/mol. The molecule has 2 aliphatic heterocycles. The molecule has 0 radical (unpaired) electrons. The van der Waals surface area contributed by atoms with Crippen molar-refractivity contribution in [3.05, 3.63) is 88.6 Å². The van der Waals surface area contributed by atoms with E-state index in [2.05, 4.69) is 14.9 Å². The first-order valence-electron chi connectivity index (χ1n) is 12.1. The van der Waals surface area contributed by atoms with Gasteiger partial charge in [0.1, 0.15) is 5.69 Å². The van der Waals surface area contributed by atoms with Gasteiger partial charge in [0.2, 0.25) is 5.95 Å². The predicted molar refractivity (Wildman–Crippen MR) is 134 cm³/mol. The van der Waals surface area contributed by atoms with Crippen LogP contribution >= 0.6 is 0 Å². The van der Waals surface area contributed by atoms with Crippen molar-refractivity contribution in [3.8, 4) is 11.1 Å². The Morgan fingerprint density at radius 2 is 1.61 bits per heavy atom. The Labute approximate surface area is 207 Å². The topological polar surface area (TPSA) is 75.3 Å². The van der Waals surface area contributed by atoms with E-state index in [9.17, 15) is 13.6 Å².